The number of likely N-dealkylation sites (N-methyl/N-ethyl adjacent to an activating group) is 1. The maximum absolute atomic E-state index is 11.4. The summed E-state index contributed by atoms with van der Waals surface area (Å²) in [5, 5.41) is 17.9. The molecule has 1 N–H and O–H groups in total. The SMILES string of the molecule is CC(=O)c1ccc(CN2CCC(c3nnc(CN(C)CCO)n3C)CC2)cc1. The van der Waals surface area contributed by atoms with Crippen molar-refractivity contribution >= 4 is 5.78 Å². The number of Topliss-reactive ketones (excluding diaryl/α,β-unsaturated/α-hetero) is 1. The zero-order valence-corrected chi connectivity index (χ0v) is 17.1. The number of aliphatic hydroxyl groups excluding tert-OH is 1. The van der Waals surface area contributed by atoms with Crippen LogP contribution in [0.1, 0.15) is 53.3 Å². The summed E-state index contributed by atoms with van der Waals surface area (Å²) >= 11 is 0. The fourth-order valence-corrected chi connectivity index (χ4v) is 3.81. The molecule has 1 aliphatic heterocycles. The van der Waals surface area contributed by atoms with Crippen LogP contribution in [0.5, 0.6) is 0 Å². The molecule has 7 heteroatoms. The molecular formula is C21H31N5O2. The van der Waals surface area contributed by atoms with Gasteiger partial charge in [-0.1, -0.05) is 24.3 Å². The van der Waals surface area contributed by atoms with Gasteiger partial charge in [-0.25, -0.2) is 0 Å². The number of likely N-dealkylation sites (tertiary alicyclic amines) is 1. The van der Waals surface area contributed by atoms with Gasteiger partial charge in [-0.05, 0) is 45.5 Å². The molecule has 1 saturated heterocycles. The van der Waals surface area contributed by atoms with Gasteiger partial charge in [0, 0.05) is 31.6 Å². The lowest BCUT2D eigenvalue weighted by atomic mass is 9.95. The zero-order chi connectivity index (χ0) is 20.1. The van der Waals surface area contributed by atoms with Crippen molar-refractivity contribution < 1.29 is 9.90 Å². The smallest absolute Gasteiger partial charge is 0.159 e. The van der Waals surface area contributed by atoms with Gasteiger partial charge in [-0.3, -0.25) is 14.6 Å². The third-order valence-electron chi connectivity index (χ3n) is 5.61. The fraction of sp³-hybridized carbons (Fsp3) is 0.571. The topological polar surface area (TPSA) is 74.5 Å². The van der Waals surface area contributed by atoms with E-state index in [9.17, 15) is 4.79 Å². The largest absolute Gasteiger partial charge is 0.395 e. The van der Waals surface area contributed by atoms with Crippen molar-refractivity contribution in [1.82, 2.24) is 24.6 Å². The lowest BCUT2D eigenvalue weighted by molar-refractivity contribution is 0.101. The number of carbonyl (C=O) groups excluding carboxylic acids is 1. The van der Waals surface area contributed by atoms with E-state index in [0.29, 0.717) is 19.0 Å². The van der Waals surface area contributed by atoms with E-state index >= 15 is 0 Å². The number of piperidine rings is 1. The van der Waals surface area contributed by atoms with Crippen molar-refractivity contribution in [1.29, 1.82) is 0 Å². The number of aliphatic hydroxyl groups is 1. The Morgan fingerprint density at radius 2 is 1.89 bits per heavy atom. The van der Waals surface area contributed by atoms with Crippen LogP contribution in [-0.2, 0) is 20.1 Å². The average Bonchev–Trinajstić information content (AvgIpc) is 3.03. The highest BCUT2D eigenvalue weighted by atomic mass is 16.3. The first kappa shape index (κ1) is 20.6. The molecule has 0 bridgehead atoms. The van der Waals surface area contributed by atoms with Crippen LogP contribution >= 0.6 is 0 Å². The first-order valence-electron chi connectivity index (χ1n) is 9.97. The second-order valence-corrected chi connectivity index (χ2v) is 7.80. The van der Waals surface area contributed by atoms with Crippen molar-refractivity contribution in [3.8, 4) is 0 Å². The van der Waals surface area contributed by atoms with Crippen LogP contribution in [0, 0.1) is 0 Å². The van der Waals surface area contributed by atoms with E-state index < -0.39 is 0 Å². The Kier molecular flexibility index (Phi) is 6.93. The Morgan fingerprint density at radius 3 is 2.50 bits per heavy atom. The third kappa shape index (κ3) is 5.04. The van der Waals surface area contributed by atoms with Crippen LogP contribution in [-0.4, -0.2) is 68.7 Å². The second kappa shape index (κ2) is 9.41. The first-order valence-corrected chi connectivity index (χ1v) is 9.97. The minimum Gasteiger partial charge on any atom is -0.395 e. The Bertz CT molecular complexity index is 779. The van der Waals surface area contributed by atoms with Crippen molar-refractivity contribution in [3.63, 3.8) is 0 Å². The van der Waals surface area contributed by atoms with Gasteiger partial charge < -0.3 is 9.67 Å². The number of benzene rings is 1. The van der Waals surface area contributed by atoms with Crippen LogP contribution in [0.2, 0.25) is 0 Å². The number of rotatable bonds is 8. The predicted molar refractivity (Wildman–Crippen MR) is 108 cm³/mol. The van der Waals surface area contributed by atoms with Crippen molar-refractivity contribution in [2.24, 2.45) is 7.05 Å². The summed E-state index contributed by atoms with van der Waals surface area (Å²) in [6.07, 6.45) is 2.15. The molecule has 1 aromatic carbocycles. The maximum Gasteiger partial charge on any atom is 0.159 e. The van der Waals surface area contributed by atoms with E-state index in [1.54, 1.807) is 6.92 Å². The molecule has 0 unspecified atom stereocenters. The number of hydrogen-bond donors (Lipinski definition) is 1. The minimum atomic E-state index is 0.109. The molecule has 0 amide bonds. The molecule has 3 rings (SSSR count). The first-order chi connectivity index (χ1) is 13.5. The van der Waals surface area contributed by atoms with E-state index in [4.69, 9.17) is 5.11 Å². The molecule has 2 heterocycles. The summed E-state index contributed by atoms with van der Waals surface area (Å²) in [6.45, 7) is 6.06. The average molecular weight is 386 g/mol. The molecule has 0 aliphatic carbocycles. The molecule has 2 aromatic rings. The van der Waals surface area contributed by atoms with E-state index in [0.717, 1.165) is 49.7 Å². The molecule has 7 nitrogen and oxygen atoms in total. The van der Waals surface area contributed by atoms with Gasteiger partial charge in [0.05, 0.1) is 13.2 Å². The van der Waals surface area contributed by atoms with Crippen LogP contribution < -0.4 is 0 Å². The van der Waals surface area contributed by atoms with Gasteiger partial charge >= 0.3 is 0 Å². The quantitative estimate of drug-likeness (QED) is 0.699. The number of hydrogen-bond acceptors (Lipinski definition) is 6. The molecule has 28 heavy (non-hydrogen) atoms. The monoisotopic (exact) mass is 385 g/mol. The van der Waals surface area contributed by atoms with E-state index in [-0.39, 0.29) is 12.4 Å². The number of aromatic nitrogens is 3. The molecule has 0 saturated carbocycles. The summed E-state index contributed by atoms with van der Waals surface area (Å²) in [5.74, 6) is 2.56. The number of ketones is 1. The van der Waals surface area contributed by atoms with Crippen LogP contribution in [0.4, 0.5) is 0 Å². The fourth-order valence-electron chi connectivity index (χ4n) is 3.81. The number of carbonyl (C=O) groups is 1. The summed E-state index contributed by atoms with van der Waals surface area (Å²) in [5.41, 5.74) is 2.02. The molecule has 1 aliphatic rings. The lowest BCUT2D eigenvalue weighted by Crippen LogP contribution is -2.33. The molecule has 1 aromatic heterocycles. The predicted octanol–water partition coefficient (Wildman–Crippen LogP) is 1.82. The summed E-state index contributed by atoms with van der Waals surface area (Å²) in [7, 11) is 4.02. The molecule has 152 valence electrons. The lowest BCUT2D eigenvalue weighted by Gasteiger charge is -2.31. The summed E-state index contributed by atoms with van der Waals surface area (Å²) in [4.78, 5) is 15.9. The molecule has 0 atom stereocenters. The molecule has 0 radical (unpaired) electrons. The van der Waals surface area contributed by atoms with Crippen molar-refractivity contribution in [3.05, 3.63) is 47.0 Å². The summed E-state index contributed by atoms with van der Waals surface area (Å²) in [6, 6.07) is 7.94. The van der Waals surface area contributed by atoms with Crippen molar-refractivity contribution in [2.75, 3.05) is 33.3 Å². The third-order valence-corrected chi connectivity index (χ3v) is 5.61. The Morgan fingerprint density at radius 1 is 1.21 bits per heavy atom. The molecule has 0 spiro atoms. The van der Waals surface area contributed by atoms with Gasteiger partial charge in [-0.15, -0.1) is 10.2 Å². The van der Waals surface area contributed by atoms with Gasteiger partial charge in [0.25, 0.3) is 0 Å². The maximum atomic E-state index is 11.4. The molecular weight excluding hydrogens is 354 g/mol. The molecule has 1 fully saturated rings. The Hall–Kier alpha value is -2.09. The normalized spacial score (nSPS) is 16.0. The highest BCUT2D eigenvalue weighted by molar-refractivity contribution is 5.93. The van der Waals surface area contributed by atoms with Gasteiger partial charge in [-0.2, -0.15) is 0 Å². The zero-order valence-electron chi connectivity index (χ0n) is 17.1. The van der Waals surface area contributed by atoms with Gasteiger partial charge in [0.15, 0.2) is 5.78 Å². The second-order valence-electron chi connectivity index (χ2n) is 7.80. The number of nitrogens with zero attached hydrogens (tertiary/aromatic N) is 5. The van der Waals surface area contributed by atoms with Gasteiger partial charge in [0.1, 0.15) is 11.6 Å². The van der Waals surface area contributed by atoms with E-state index in [1.165, 1.54) is 5.56 Å². The highest BCUT2D eigenvalue weighted by Gasteiger charge is 2.25. The van der Waals surface area contributed by atoms with E-state index in [2.05, 4.69) is 31.8 Å². The van der Waals surface area contributed by atoms with Crippen LogP contribution in [0.3, 0.4) is 0 Å². The van der Waals surface area contributed by atoms with Crippen molar-refractivity contribution in [2.45, 2.75) is 38.8 Å². The Labute approximate surface area is 167 Å². The van der Waals surface area contributed by atoms with Crippen LogP contribution in [0.15, 0.2) is 24.3 Å². The summed E-state index contributed by atoms with van der Waals surface area (Å²) < 4.78 is 2.12. The standard InChI is InChI=1S/C21H31N5O2/c1-16(28)18-6-4-17(5-7-18)14-26-10-8-19(9-11-26)21-23-22-20(25(21)3)15-24(2)12-13-27/h4-7,19,27H,8-15H2,1-3H3. The Balaban J connectivity index is 1.54. The minimum absolute atomic E-state index is 0.109. The van der Waals surface area contributed by atoms with E-state index in [1.807, 2.05) is 31.1 Å². The highest BCUT2D eigenvalue weighted by Crippen LogP contribution is 2.27. The van der Waals surface area contributed by atoms with Crippen LogP contribution in [0.25, 0.3) is 0 Å². The van der Waals surface area contributed by atoms with Gasteiger partial charge in [0.2, 0.25) is 0 Å².